The predicted octanol–water partition coefficient (Wildman–Crippen LogP) is 0.421. The number of β-lactam (4-membered cyclic amide) rings is 1. The fraction of sp³-hybridized carbons (Fsp3) is 0.200. The van der Waals surface area contributed by atoms with Gasteiger partial charge in [-0.25, -0.2) is 9.59 Å². The second-order valence-corrected chi connectivity index (χ2v) is 10.1. The molecule has 2 aromatic rings. The molecule has 192 valence electrons. The first kappa shape index (κ1) is 26.1. The van der Waals surface area contributed by atoms with Crippen LogP contribution in [0.5, 0.6) is 0 Å². The zero-order valence-corrected chi connectivity index (χ0v) is 21.0. The molecule has 0 bridgehead atoms. The average Bonchev–Trinajstić information content (AvgIpc) is 3.30. The van der Waals surface area contributed by atoms with E-state index in [1.807, 2.05) is 6.07 Å². The Morgan fingerprint density at radius 2 is 2.19 bits per heavy atom. The van der Waals surface area contributed by atoms with Gasteiger partial charge in [-0.1, -0.05) is 23.0 Å². The molecule has 14 nitrogen and oxygen atoms in total. The highest BCUT2D eigenvalue weighted by molar-refractivity contribution is 8.08. The summed E-state index contributed by atoms with van der Waals surface area (Å²) in [7, 11) is 0. The van der Waals surface area contributed by atoms with E-state index in [4.69, 9.17) is 10.8 Å². The number of nitrogen functional groups attached to an aromatic ring is 1. The molecule has 0 aromatic carbocycles. The molecule has 2 amide bonds. The Morgan fingerprint density at radius 1 is 1.38 bits per heavy atom. The molecule has 5 N–H and O–H groups in total. The number of carboxylic acid groups (broad SMARTS) is 2. The largest absolute Gasteiger partial charge is 0.479 e. The number of aromatic nitrogens is 3. The van der Waals surface area contributed by atoms with Crippen LogP contribution in [0, 0.1) is 0 Å². The van der Waals surface area contributed by atoms with Crippen LogP contribution in [0.2, 0.25) is 0 Å². The number of rotatable bonds is 10. The van der Waals surface area contributed by atoms with Gasteiger partial charge in [0.05, 0.1) is 0 Å². The lowest BCUT2D eigenvalue weighted by molar-refractivity contribution is -0.150. The summed E-state index contributed by atoms with van der Waals surface area (Å²) in [5.41, 5.74) is 5.75. The monoisotopic (exact) mass is 563 g/mol. The molecule has 1 fully saturated rings. The molecule has 2 aliphatic heterocycles. The minimum atomic E-state index is -1.32. The van der Waals surface area contributed by atoms with Crippen molar-refractivity contribution in [2.45, 2.75) is 11.4 Å². The van der Waals surface area contributed by atoms with Crippen molar-refractivity contribution in [2.75, 3.05) is 18.1 Å². The van der Waals surface area contributed by atoms with Gasteiger partial charge in [-0.3, -0.25) is 19.5 Å². The number of amides is 2. The molecule has 37 heavy (non-hydrogen) atoms. The lowest BCUT2D eigenvalue weighted by Crippen LogP contribution is -2.71. The van der Waals surface area contributed by atoms with Gasteiger partial charge in [-0.2, -0.15) is 9.36 Å². The third-order valence-electron chi connectivity index (χ3n) is 4.79. The van der Waals surface area contributed by atoms with Crippen LogP contribution in [-0.4, -0.2) is 82.7 Å². The number of aliphatic carboxylic acids is 2. The molecule has 4 rings (SSSR count). The number of anilines is 1. The van der Waals surface area contributed by atoms with Crippen LogP contribution in [-0.2, 0) is 24.0 Å². The lowest BCUT2D eigenvalue weighted by atomic mass is 10.0. The smallest absolute Gasteiger partial charge is 0.353 e. The van der Waals surface area contributed by atoms with E-state index < -0.39 is 47.5 Å². The summed E-state index contributed by atoms with van der Waals surface area (Å²) in [5, 5.41) is 25.6. The number of nitrogens with zero attached hydrogens (tertiary/aromatic N) is 5. The summed E-state index contributed by atoms with van der Waals surface area (Å²) >= 11 is 3.24. The number of hydrogen-bond donors (Lipinski definition) is 4. The zero-order valence-electron chi connectivity index (χ0n) is 18.5. The number of carbonyl (C=O) groups is 4. The molecular formula is C20H17N7O7S3. The van der Waals surface area contributed by atoms with Crippen molar-refractivity contribution in [1.82, 2.24) is 24.6 Å². The molecule has 2 atom stereocenters. The molecule has 2 aromatic heterocycles. The van der Waals surface area contributed by atoms with Crippen LogP contribution in [0.15, 0.2) is 45.7 Å². The fourth-order valence-corrected chi connectivity index (χ4v) is 6.02. The molecule has 1 saturated heterocycles. The van der Waals surface area contributed by atoms with Crippen molar-refractivity contribution in [2.24, 2.45) is 5.16 Å². The normalized spacial score (nSPS) is 19.4. The fourth-order valence-electron chi connectivity index (χ4n) is 3.23. The molecule has 1 unspecified atom stereocenters. The summed E-state index contributed by atoms with van der Waals surface area (Å²) in [4.78, 5) is 62.7. The van der Waals surface area contributed by atoms with Crippen LogP contribution in [0.3, 0.4) is 0 Å². The Hall–Kier alpha value is -3.96. The van der Waals surface area contributed by atoms with Gasteiger partial charge in [0, 0.05) is 34.6 Å². The number of pyridine rings is 1. The number of carbonyl (C=O) groups excluding carboxylic acids is 2. The lowest BCUT2D eigenvalue weighted by Gasteiger charge is -2.49. The van der Waals surface area contributed by atoms with Gasteiger partial charge in [0.25, 0.3) is 11.8 Å². The quantitative estimate of drug-likeness (QED) is 0.176. The number of nitrogens with one attached hydrogen (secondary N) is 1. The highest BCUT2D eigenvalue weighted by Crippen LogP contribution is 2.43. The minimum Gasteiger partial charge on any atom is -0.479 e. The Bertz CT molecular complexity index is 1330. The van der Waals surface area contributed by atoms with E-state index in [0.717, 1.165) is 22.0 Å². The van der Waals surface area contributed by atoms with E-state index in [9.17, 15) is 24.3 Å². The molecule has 17 heteroatoms. The first-order valence-corrected chi connectivity index (χ1v) is 12.9. The Balaban J connectivity index is 1.48. The Labute approximate surface area is 220 Å². The number of carboxylic acids is 2. The molecular weight excluding hydrogens is 546 g/mol. The second-order valence-electron chi connectivity index (χ2n) is 7.21. The molecule has 0 radical (unpaired) electrons. The SMILES string of the molecule is Nc1nc(C(=NOCC(=O)O)C(=O)NC2C(=O)N3C(C(=O)O)=C(SC=Cc4cccnc4)CS[C@@H]23)ns1. The number of thioether (sulfide) groups is 2. The summed E-state index contributed by atoms with van der Waals surface area (Å²) in [6.07, 6.45) is 5.06. The minimum absolute atomic E-state index is 0.0290. The molecule has 4 heterocycles. The maximum Gasteiger partial charge on any atom is 0.353 e. The first-order valence-electron chi connectivity index (χ1n) is 10.2. The standard InChI is InChI=1S/C20H17N7O7S3/c21-20-24-15(26-37-20)12(25-34-7-11(28)29)16(30)23-13-17(31)27-14(19(32)33)10(8-36-18(13)27)35-5-3-9-2-1-4-22-6-9/h1-6,13,18H,7-8H2,(H,23,30)(H,28,29)(H,32,33)(H2,21,24,26)/t13?,18-/m0/s1. The van der Waals surface area contributed by atoms with Crippen molar-refractivity contribution in [1.29, 1.82) is 0 Å². The van der Waals surface area contributed by atoms with Crippen molar-refractivity contribution in [3.05, 3.63) is 51.9 Å². The average molecular weight is 564 g/mol. The predicted molar refractivity (Wildman–Crippen MR) is 135 cm³/mol. The number of oxime groups is 1. The van der Waals surface area contributed by atoms with Gasteiger partial charge in [0.2, 0.25) is 18.1 Å². The van der Waals surface area contributed by atoms with Gasteiger partial charge in [0.15, 0.2) is 5.13 Å². The second kappa shape index (κ2) is 11.4. The Morgan fingerprint density at radius 3 is 2.84 bits per heavy atom. The van der Waals surface area contributed by atoms with E-state index >= 15 is 0 Å². The van der Waals surface area contributed by atoms with Crippen LogP contribution in [0.1, 0.15) is 11.4 Å². The van der Waals surface area contributed by atoms with Gasteiger partial charge in [-0.15, -0.1) is 11.8 Å². The number of hydrogen-bond acceptors (Lipinski definition) is 13. The third kappa shape index (κ3) is 5.89. The van der Waals surface area contributed by atoms with E-state index in [1.54, 1.807) is 29.9 Å². The molecule has 2 aliphatic rings. The zero-order chi connectivity index (χ0) is 26.5. The summed E-state index contributed by atoms with van der Waals surface area (Å²) in [6.45, 7) is -0.826. The summed E-state index contributed by atoms with van der Waals surface area (Å²) in [5.74, 6) is -4.06. The van der Waals surface area contributed by atoms with Gasteiger partial charge >= 0.3 is 11.9 Å². The van der Waals surface area contributed by atoms with Gasteiger partial charge < -0.3 is 26.1 Å². The van der Waals surface area contributed by atoms with Crippen LogP contribution < -0.4 is 11.1 Å². The van der Waals surface area contributed by atoms with E-state index in [0.29, 0.717) is 4.91 Å². The van der Waals surface area contributed by atoms with Crippen molar-refractivity contribution in [3.63, 3.8) is 0 Å². The summed E-state index contributed by atoms with van der Waals surface area (Å²) < 4.78 is 3.87. The van der Waals surface area contributed by atoms with Crippen molar-refractivity contribution in [3.8, 4) is 0 Å². The van der Waals surface area contributed by atoms with Gasteiger partial charge in [0.1, 0.15) is 17.1 Å². The third-order valence-corrected chi connectivity index (χ3v) is 7.69. The molecule has 0 aliphatic carbocycles. The molecule has 0 spiro atoms. The van der Waals surface area contributed by atoms with E-state index in [1.165, 1.54) is 23.5 Å². The van der Waals surface area contributed by atoms with Crippen LogP contribution >= 0.6 is 35.1 Å². The van der Waals surface area contributed by atoms with Crippen LogP contribution in [0.25, 0.3) is 6.08 Å². The maximum absolute atomic E-state index is 12.9. The van der Waals surface area contributed by atoms with Crippen molar-refractivity contribution < 1.29 is 34.2 Å². The topological polar surface area (TPSA) is 210 Å². The molecule has 0 saturated carbocycles. The highest BCUT2D eigenvalue weighted by Gasteiger charge is 2.54. The first-order chi connectivity index (χ1) is 17.8. The van der Waals surface area contributed by atoms with E-state index in [-0.39, 0.29) is 22.4 Å². The maximum atomic E-state index is 12.9. The van der Waals surface area contributed by atoms with Crippen LogP contribution in [0.4, 0.5) is 5.13 Å². The number of nitrogens with two attached hydrogens (primary N) is 1. The van der Waals surface area contributed by atoms with E-state index in [2.05, 4.69) is 29.7 Å². The summed E-state index contributed by atoms with van der Waals surface area (Å²) in [6, 6.07) is 2.55. The van der Waals surface area contributed by atoms with Crippen molar-refractivity contribution >= 4 is 75.7 Å². The Kier molecular flexibility index (Phi) is 8.04. The number of fused-ring (bicyclic) bond motifs is 1. The van der Waals surface area contributed by atoms with Gasteiger partial charge in [-0.05, 0) is 23.1 Å². The highest BCUT2D eigenvalue weighted by atomic mass is 32.2.